The van der Waals surface area contributed by atoms with E-state index in [2.05, 4.69) is 13.0 Å². The molecule has 0 spiro atoms. The van der Waals surface area contributed by atoms with Gasteiger partial charge in [-0.05, 0) is 62.9 Å². The summed E-state index contributed by atoms with van der Waals surface area (Å²) in [4.78, 5) is 24.0. The molecule has 0 amide bonds. The lowest BCUT2D eigenvalue weighted by molar-refractivity contribution is 0.299. The summed E-state index contributed by atoms with van der Waals surface area (Å²) in [6.07, 6.45) is 1.55. The second-order valence-electron chi connectivity index (χ2n) is 6.58. The second kappa shape index (κ2) is 7.60. The van der Waals surface area contributed by atoms with Crippen molar-refractivity contribution >= 4 is 10.9 Å². The molecule has 1 heterocycles. The van der Waals surface area contributed by atoms with Crippen molar-refractivity contribution in [3.8, 4) is 5.75 Å². The average molecular weight is 353 g/mol. The van der Waals surface area contributed by atoms with E-state index in [4.69, 9.17) is 9.15 Å². The van der Waals surface area contributed by atoms with Crippen LogP contribution in [0.3, 0.4) is 0 Å². The number of aryl methyl sites for hydroxylation is 3. The zero-order chi connectivity index (χ0) is 18.7. The molecule has 0 N–H and O–H groups in total. The van der Waals surface area contributed by atoms with Crippen LogP contribution in [0.25, 0.3) is 10.9 Å². The molecule has 0 radical (unpaired) electrons. The fraction of sp³-hybridized carbons (Fsp3) is 0.333. The molecule has 136 valence electrons. The van der Waals surface area contributed by atoms with Gasteiger partial charge in [0.25, 0.3) is 0 Å². The molecule has 5 heteroatoms. The van der Waals surface area contributed by atoms with Crippen LogP contribution >= 0.6 is 0 Å². The van der Waals surface area contributed by atoms with Crippen molar-refractivity contribution in [2.75, 3.05) is 6.61 Å². The summed E-state index contributed by atoms with van der Waals surface area (Å²) in [6.45, 7) is 7.07. The Morgan fingerprint density at radius 1 is 1.04 bits per heavy atom. The van der Waals surface area contributed by atoms with Crippen molar-refractivity contribution in [3.63, 3.8) is 0 Å². The summed E-state index contributed by atoms with van der Waals surface area (Å²) < 4.78 is 12.2. The molecule has 0 aliphatic carbocycles. The van der Waals surface area contributed by atoms with Crippen molar-refractivity contribution in [1.29, 1.82) is 0 Å². The zero-order valence-corrected chi connectivity index (χ0v) is 15.4. The fourth-order valence-electron chi connectivity index (χ4n) is 2.98. The maximum Gasteiger partial charge on any atom is 0.422 e. The number of rotatable bonds is 6. The highest BCUT2D eigenvalue weighted by Crippen LogP contribution is 2.20. The number of benzene rings is 2. The first-order valence-corrected chi connectivity index (χ1v) is 8.80. The quantitative estimate of drug-likeness (QED) is 0.634. The van der Waals surface area contributed by atoms with Crippen LogP contribution in [-0.4, -0.2) is 11.2 Å². The predicted octanol–water partition coefficient (Wildman–Crippen LogP) is 3.74. The largest absolute Gasteiger partial charge is 0.493 e. The topological polar surface area (TPSA) is 61.4 Å². The van der Waals surface area contributed by atoms with Gasteiger partial charge in [0.2, 0.25) is 0 Å². The lowest BCUT2D eigenvalue weighted by atomic mass is 10.1. The number of hydrogen-bond acceptors (Lipinski definition) is 4. The molecule has 0 saturated carbocycles. The lowest BCUT2D eigenvalue weighted by Crippen LogP contribution is -2.25. The molecule has 0 aliphatic rings. The Bertz CT molecular complexity index is 1050. The maximum atomic E-state index is 12.1. The number of ether oxygens (including phenoxy) is 1. The Labute approximate surface area is 151 Å². The summed E-state index contributed by atoms with van der Waals surface area (Å²) in [5, 5.41) is 0.441. The van der Waals surface area contributed by atoms with Gasteiger partial charge in [0.15, 0.2) is 0 Å². The van der Waals surface area contributed by atoms with Crippen molar-refractivity contribution in [3.05, 3.63) is 74.1 Å². The van der Waals surface area contributed by atoms with Gasteiger partial charge in [-0.3, -0.25) is 4.57 Å². The van der Waals surface area contributed by atoms with Crippen LogP contribution in [0.2, 0.25) is 0 Å². The Hall–Kier alpha value is -2.82. The minimum Gasteiger partial charge on any atom is -0.493 e. The Morgan fingerprint density at radius 2 is 1.85 bits per heavy atom. The molecule has 2 aromatic carbocycles. The van der Waals surface area contributed by atoms with Gasteiger partial charge in [0, 0.05) is 6.54 Å². The lowest BCUT2D eigenvalue weighted by Gasteiger charge is -2.11. The van der Waals surface area contributed by atoms with E-state index in [1.807, 2.05) is 32.0 Å². The number of nitrogens with zero attached hydrogens (tertiary/aromatic N) is 1. The standard InChI is InChI=1S/C21H23NO4/c1-14-9-10-18-17(13-14)20(23)26-21(24)22(18)11-4-5-12-25-19-8-6-7-15(2)16(19)3/h6-10,13H,4-5,11-12H2,1-3H3. The van der Waals surface area contributed by atoms with E-state index in [-0.39, 0.29) is 0 Å². The third-order valence-corrected chi connectivity index (χ3v) is 4.65. The first kappa shape index (κ1) is 18.0. The van der Waals surface area contributed by atoms with Gasteiger partial charge in [-0.2, -0.15) is 0 Å². The van der Waals surface area contributed by atoms with Crippen LogP contribution in [0.5, 0.6) is 5.75 Å². The van der Waals surface area contributed by atoms with E-state index in [0.29, 0.717) is 24.1 Å². The monoisotopic (exact) mass is 353 g/mol. The van der Waals surface area contributed by atoms with Gasteiger partial charge >= 0.3 is 11.4 Å². The average Bonchev–Trinajstić information content (AvgIpc) is 2.61. The molecule has 0 atom stereocenters. The van der Waals surface area contributed by atoms with Crippen molar-refractivity contribution in [2.45, 2.75) is 40.2 Å². The van der Waals surface area contributed by atoms with Gasteiger partial charge < -0.3 is 9.15 Å². The molecule has 26 heavy (non-hydrogen) atoms. The fourth-order valence-corrected chi connectivity index (χ4v) is 2.98. The van der Waals surface area contributed by atoms with Gasteiger partial charge in [-0.15, -0.1) is 0 Å². The molecule has 0 bridgehead atoms. The summed E-state index contributed by atoms with van der Waals surface area (Å²) in [6, 6.07) is 11.5. The molecule has 3 aromatic rings. The van der Waals surface area contributed by atoms with Crippen molar-refractivity contribution in [2.24, 2.45) is 0 Å². The third kappa shape index (κ3) is 3.72. The van der Waals surface area contributed by atoms with Crippen LogP contribution in [0.1, 0.15) is 29.5 Å². The molecule has 0 aliphatic heterocycles. The summed E-state index contributed by atoms with van der Waals surface area (Å²) in [7, 11) is 0. The van der Waals surface area contributed by atoms with Crippen LogP contribution in [0, 0.1) is 20.8 Å². The van der Waals surface area contributed by atoms with Gasteiger partial charge in [0.1, 0.15) is 5.75 Å². The number of aromatic nitrogens is 1. The normalized spacial score (nSPS) is 11.0. The van der Waals surface area contributed by atoms with E-state index in [1.54, 1.807) is 12.1 Å². The summed E-state index contributed by atoms with van der Waals surface area (Å²) in [5.74, 6) is 0.288. The molecule has 0 unspecified atom stereocenters. The summed E-state index contributed by atoms with van der Waals surface area (Å²) in [5.41, 5.74) is 3.34. The van der Waals surface area contributed by atoms with Gasteiger partial charge in [0.05, 0.1) is 17.5 Å². The SMILES string of the molecule is Cc1ccc2c(c1)c(=O)oc(=O)n2CCCCOc1cccc(C)c1C. The van der Waals surface area contributed by atoms with E-state index in [0.717, 1.165) is 29.7 Å². The zero-order valence-electron chi connectivity index (χ0n) is 15.4. The Kier molecular flexibility index (Phi) is 5.26. The van der Waals surface area contributed by atoms with E-state index < -0.39 is 11.4 Å². The molecule has 1 aromatic heterocycles. The highest BCUT2D eigenvalue weighted by Gasteiger charge is 2.09. The molecular weight excluding hydrogens is 330 g/mol. The molecular formula is C21H23NO4. The van der Waals surface area contributed by atoms with Crippen molar-refractivity contribution in [1.82, 2.24) is 4.57 Å². The maximum absolute atomic E-state index is 12.1. The van der Waals surface area contributed by atoms with Gasteiger partial charge in [-0.1, -0.05) is 23.8 Å². The van der Waals surface area contributed by atoms with Gasteiger partial charge in [-0.25, -0.2) is 9.59 Å². The first-order valence-electron chi connectivity index (χ1n) is 8.80. The summed E-state index contributed by atoms with van der Waals surface area (Å²) >= 11 is 0. The van der Waals surface area contributed by atoms with E-state index >= 15 is 0 Å². The first-order chi connectivity index (χ1) is 12.5. The third-order valence-electron chi connectivity index (χ3n) is 4.65. The van der Waals surface area contributed by atoms with Crippen LogP contribution in [0.15, 0.2) is 50.4 Å². The minimum atomic E-state index is -0.609. The molecule has 0 fully saturated rings. The van der Waals surface area contributed by atoms with Crippen LogP contribution in [0.4, 0.5) is 0 Å². The highest BCUT2D eigenvalue weighted by atomic mass is 16.5. The van der Waals surface area contributed by atoms with Crippen LogP contribution < -0.4 is 16.1 Å². The predicted molar refractivity (Wildman–Crippen MR) is 102 cm³/mol. The number of unbranched alkanes of at least 4 members (excludes halogenated alkanes) is 1. The molecule has 3 rings (SSSR count). The Balaban J connectivity index is 1.66. The minimum absolute atomic E-state index is 0.441. The molecule has 5 nitrogen and oxygen atoms in total. The van der Waals surface area contributed by atoms with E-state index in [9.17, 15) is 9.59 Å². The smallest absolute Gasteiger partial charge is 0.422 e. The second-order valence-corrected chi connectivity index (χ2v) is 6.58. The van der Waals surface area contributed by atoms with Crippen molar-refractivity contribution < 1.29 is 9.15 Å². The number of hydrogen-bond donors (Lipinski definition) is 0. The Morgan fingerprint density at radius 3 is 2.65 bits per heavy atom. The number of fused-ring (bicyclic) bond motifs is 1. The van der Waals surface area contributed by atoms with Crippen LogP contribution in [-0.2, 0) is 6.54 Å². The highest BCUT2D eigenvalue weighted by molar-refractivity contribution is 5.78. The van der Waals surface area contributed by atoms with E-state index in [1.165, 1.54) is 10.1 Å². The molecule has 0 saturated heterocycles.